The van der Waals surface area contributed by atoms with Gasteiger partial charge in [0.2, 0.25) is 0 Å². The Labute approximate surface area is 246 Å². The normalized spacial score (nSPS) is 13.2. The van der Waals surface area contributed by atoms with Crippen molar-refractivity contribution in [1.29, 1.82) is 0 Å². The molecule has 0 aromatic heterocycles. The molecule has 0 bridgehead atoms. The van der Waals surface area contributed by atoms with Crippen molar-refractivity contribution in [3.63, 3.8) is 0 Å². The molecule has 2 N–H and O–H groups in total. The number of hydrogen-bond donors (Lipinski definition) is 2. The molecule has 42 heavy (non-hydrogen) atoms. The van der Waals surface area contributed by atoms with Crippen molar-refractivity contribution in [3.8, 4) is 22.3 Å². The molecule has 4 aromatic carbocycles. The van der Waals surface area contributed by atoms with Crippen LogP contribution in [-0.4, -0.2) is 58.4 Å². The molecule has 6 heteroatoms. The summed E-state index contributed by atoms with van der Waals surface area (Å²) < 4.78 is 0. The monoisotopic (exact) mass is 560 g/mol. The van der Waals surface area contributed by atoms with Crippen LogP contribution in [0.25, 0.3) is 22.3 Å². The van der Waals surface area contributed by atoms with Crippen LogP contribution >= 0.6 is 0 Å². The highest BCUT2D eigenvalue weighted by atomic mass is 16.4. The molecule has 0 fully saturated rings. The van der Waals surface area contributed by atoms with Crippen LogP contribution in [0.2, 0.25) is 0 Å². The maximum absolute atomic E-state index is 12.2. The zero-order valence-corrected chi connectivity index (χ0v) is 23.7. The van der Waals surface area contributed by atoms with Crippen molar-refractivity contribution in [2.45, 2.75) is 37.5 Å². The molecule has 2 amide bonds. The van der Waals surface area contributed by atoms with E-state index >= 15 is 0 Å². The number of nitrogens with zero attached hydrogens (tertiary/aromatic N) is 2. The Morgan fingerprint density at radius 1 is 0.476 bits per heavy atom. The van der Waals surface area contributed by atoms with Gasteiger partial charge in [-0.05, 0) is 57.3 Å². The van der Waals surface area contributed by atoms with Crippen LogP contribution < -0.4 is 0 Å². The Balaban J connectivity index is 1.02. The predicted molar refractivity (Wildman–Crippen MR) is 165 cm³/mol. The molecule has 0 spiro atoms. The van der Waals surface area contributed by atoms with E-state index in [1.807, 2.05) is 48.5 Å². The molecule has 2 aliphatic rings. The Bertz CT molecular complexity index is 1390. The fraction of sp³-hybridized carbons (Fsp3) is 0.278. The highest BCUT2D eigenvalue weighted by Crippen LogP contribution is 2.46. The van der Waals surface area contributed by atoms with Gasteiger partial charge in [0.1, 0.15) is 0 Å². The number of fused-ring (bicyclic) bond motifs is 6. The quantitative estimate of drug-likeness (QED) is 0.182. The van der Waals surface area contributed by atoms with Crippen molar-refractivity contribution in [1.82, 2.24) is 9.80 Å². The van der Waals surface area contributed by atoms with Crippen molar-refractivity contribution in [2.24, 2.45) is 0 Å². The van der Waals surface area contributed by atoms with E-state index in [4.69, 9.17) is 0 Å². The standard InChI is InChI=1S/C36H36N2O4/c39-35(40)37(23-33-29-17-7-3-13-25(29)26-14-4-8-18-30(26)33)21-11-1-2-12-22-38(36(41)42)24-34-31-19-9-5-15-27(31)28-16-6-10-20-32(28)34/h3-10,13-20,33-34H,1-2,11-12,21-24H2,(H,39,40)(H,41,42). The van der Waals surface area contributed by atoms with E-state index in [0.29, 0.717) is 26.2 Å². The van der Waals surface area contributed by atoms with Crippen LogP contribution in [0.5, 0.6) is 0 Å². The molecular formula is C36H36N2O4. The smallest absolute Gasteiger partial charge is 0.407 e. The molecule has 4 aromatic rings. The molecule has 2 aliphatic carbocycles. The first-order valence-electron chi connectivity index (χ1n) is 14.8. The van der Waals surface area contributed by atoms with Crippen LogP contribution in [-0.2, 0) is 0 Å². The highest BCUT2D eigenvalue weighted by molar-refractivity contribution is 5.80. The fourth-order valence-corrected chi connectivity index (χ4v) is 6.84. The minimum Gasteiger partial charge on any atom is -0.465 e. The minimum atomic E-state index is -0.897. The van der Waals surface area contributed by atoms with Crippen molar-refractivity contribution in [3.05, 3.63) is 119 Å². The van der Waals surface area contributed by atoms with Gasteiger partial charge >= 0.3 is 12.2 Å². The van der Waals surface area contributed by atoms with E-state index in [2.05, 4.69) is 48.5 Å². The first kappa shape index (κ1) is 27.6. The lowest BCUT2D eigenvalue weighted by Gasteiger charge is -2.25. The average molecular weight is 561 g/mol. The topological polar surface area (TPSA) is 81.1 Å². The summed E-state index contributed by atoms with van der Waals surface area (Å²) >= 11 is 0. The molecule has 0 radical (unpaired) electrons. The van der Waals surface area contributed by atoms with E-state index in [1.54, 1.807) is 9.80 Å². The number of amides is 2. The van der Waals surface area contributed by atoms with Crippen molar-refractivity contribution >= 4 is 12.2 Å². The second kappa shape index (κ2) is 12.1. The van der Waals surface area contributed by atoms with Gasteiger partial charge in [0.25, 0.3) is 0 Å². The van der Waals surface area contributed by atoms with Gasteiger partial charge in [0.15, 0.2) is 0 Å². The van der Waals surface area contributed by atoms with Gasteiger partial charge in [0, 0.05) is 38.0 Å². The first-order valence-corrected chi connectivity index (χ1v) is 14.8. The third-order valence-corrected chi connectivity index (χ3v) is 8.88. The molecule has 0 saturated carbocycles. The molecular weight excluding hydrogens is 524 g/mol. The largest absolute Gasteiger partial charge is 0.465 e. The summed E-state index contributed by atoms with van der Waals surface area (Å²) in [4.78, 5) is 27.5. The van der Waals surface area contributed by atoms with Gasteiger partial charge < -0.3 is 20.0 Å². The fourth-order valence-electron chi connectivity index (χ4n) is 6.84. The Morgan fingerprint density at radius 2 is 0.762 bits per heavy atom. The maximum Gasteiger partial charge on any atom is 0.407 e. The number of unbranched alkanes of at least 4 members (excludes halogenated alkanes) is 3. The van der Waals surface area contributed by atoms with Gasteiger partial charge in [-0.3, -0.25) is 0 Å². The number of hydrogen-bond acceptors (Lipinski definition) is 2. The van der Waals surface area contributed by atoms with E-state index < -0.39 is 12.2 Å². The van der Waals surface area contributed by atoms with Crippen LogP contribution in [0.1, 0.15) is 59.8 Å². The molecule has 0 aliphatic heterocycles. The number of carboxylic acid groups (broad SMARTS) is 2. The van der Waals surface area contributed by atoms with Crippen LogP contribution in [0.3, 0.4) is 0 Å². The SMILES string of the molecule is O=C(O)N(CCCCCCN(CC1c2ccccc2-c2ccccc21)C(=O)O)CC1c2ccccc2-c2ccccc21. The van der Waals surface area contributed by atoms with E-state index in [0.717, 1.165) is 25.7 Å². The maximum atomic E-state index is 12.2. The van der Waals surface area contributed by atoms with Crippen LogP contribution in [0, 0.1) is 0 Å². The number of benzene rings is 4. The van der Waals surface area contributed by atoms with Gasteiger partial charge in [-0.15, -0.1) is 0 Å². The summed E-state index contributed by atoms with van der Waals surface area (Å²) in [6.45, 7) is 1.80. The summed E-state index contributed by atoms with van der Waals surface area (Å²) in [5.41, 5.74) is 9.51. The summed E-state index contributed by atoms with van der Waals surface area (Å²) in [5.74, 6) is 0.0620. The molecule has 6 rings (SSSR count). The average Bonchev–Trinajstić information content (AvgIpc) is 3.50. The van der Waals surface area contributed by atoms with E-state index in [-0.39, 0.29) is 11.8 Å². The molecule has 214 valence electrons. The third-order valence-electron chi connectivity index (χ3n) is 8.88. The second-order valence-corrected chi connectivity index (χ2v) is 11.3. The van der Waals surface area contributed by atoms with Crippen molar-refractivity contribution in [2.75, 3.05) is 26.2 Å². The minimum absolute atomic E-state index is 0.0310. The zero-order chi connectivity index (χ0) is 29.1. The molecule has 6 nitrogen and oxygen atoms in total. The van der Waals surface area contributed by atoms with Gasteiger partial charge in [0.05, 0.1) is 0 Å². The van der Waals surface area contributed by atoms with Gasteiger partial charge in [-0.2, -0.15) is 0 Å². The zero-order valence-electron chi connectivity index (χ0n) is 23.7. The Kier molecular flexibility index (Phi) is 7.95. The summed E-state index contributed by atoms with van der Waals surface area (Å²) in [7, 11) is 0. The predicted octanol–water partition coefficient (Wildman–Crippen LogP) is 8.13. The first-order chi connectivity index (χ1) is 20.5. The Hall–Kier alpha value is -4.58. The summed E-state index contributed by atoms with van der Waals surface area (Å²) in [5, 5.41) is 20.0. The number of rotatable bonds is 11. The van der Waals surface area contributed by atoms with E-state index in [9.17, 15) is 19.8 Å². The lowest BCUT2D eigenvalue weighted by molar-refractivity contribution is 0.139. The lowest BCUT2D eigenvalue weighted by atomic mass is 9.96. The van der Waals surface area contributed by atoms with E-state index in [1.165, 1.54) is 44.5 Å². The second-order valence-electron chi connectivity index (χ2n) is 11.3. The lowest BCUT2D eigenvalue weighted by Crippen LogP contribution is -2.34. The van der Waals surface area contributed by atoms with Gasteiger partial charge in [-0.25, -0.2) is 9.59 Å². The van der Waals surface area contributed by atoms with Crippen molar-refractivity contribution < 1.29 is 19.8 Å². The summed E-state index contributed by atoms with van der Waals surface area (Å²) in [6, 6.07) is 33.1. The molecule has 0 unspecified atom stereocenters. The van der Waals surface area contributed by atoms with Crippen LogP contribution in [0.15, 0.2) is 97.1 Å². The van der Waals surface area contributed by atoms with Gasteiger partial charge in [-0.1, -0.05) is 110 Å². The number of carbonyl (C=O) groups is 2. The third kappa shape index (κ3) is 5.37. The molecule has 0 saturated heterocycles. The molecule has 0 heterocycles. The molecule has 0 atom stereocenters. The summed E-state index contributed by atoms with van der Waals surface area (Å²) in [6.07, 6.45) is 1.41. The van der Waals surface area contributed by atoms with Crippen LogP contribution in [0.4, 0.5) is 9.59 Å². The highest BCUT2D eigenvalue weighted by Gasteiger charge is 2.32. The Morgan fingerprint density at radius 3 is 1.05 bits per heavy atom.